The molecular formula is C29H27NO4. The first kappa shape index (κ1) is 22.2. The molecule has 5 nitrogen and oxygen atoms in total. The van der Waals surface area contributed by atoms with Gasteiger partial charge in [0.1, 0.15) is 11.5 Å². The maximum atomic E-state index is 12.7. The Labute approximate surface area is 200 Å². The number of fused-ring (bicyclic) bond motifs is 3. The molecule has 1 aliphatic heterocycles. The molecule has 0 aromatic heterocycles. The number of hydrogen-bond donors (Lipinski definition) is 0. The van der Waals surface area contributed by atoms with E-state index in [4.69, 9.17) is 20.8 Å². The average Bonchev–Trinajstić information content (AvgIpc) is 3.66. The van der Waals surface area contributed by atoms with Gasteiger partial charge < -0.3 is 14.2 Å². The molecule has 2 unspecified atom stereocenters. The van der Waals surface area contributed by atoms with Crippen LogP contribution in [-0.2, 0) is 4.74 Å². The lowest BCUT2D eigenvalue weighted by Gasteiger charge is -2.10. The van der Waals surface area contributed by atoms with E-state index >= 15 is 0 Å². The zero-order chi connectivity index (χ0) is 23.5. The molecule has 0 N–H and O–H groups in total. The van der Waals surface area contributed by atoms with E-state index in [9.17, 15) is 4.79 Å². The number of esters is 1. The van der Waals surface area contributed by atoms with Gasteiger partial charge in [0.05, 0.1) is 31.5 Å². The maximum absolute atomic E-state index is 12.7. The number of nitrogens with zero attached hydrogens (tertiary/aromatic N) is 1. The first-order valence-electron chi connectivity index (χ1n) is 11.8. The van der Waals surface area contributed by atoms with Crippen molar-refractivity contribution in [2.45, 2.75) is 44.6 Å². The lowest BCUT2D eigenvalue weighted by molar-refractivity contribution is 0.0734. The van der Waals surface area contributed by atoms with E-state index in [1.165, 1.54) is 6.42 Å². The van der Waals surface area contributed by atoms with Gasteiger partial charge in [0.15, 0.2) is 5.69 Å². The van der Waals surface area contributed by atoms with Gasteiger partial charge in [-0.2, -0.15) is 0 Å². The third kappa shape index (κ3) is 4.83. The molecule has 34 heavy (non-hydrogen) atoms. The summed E-state index contributed by atoms with van der Waals surface area (Å²) in [4.78, 5) is 16.2. The van der Waals surface area contributed by atoms with Crippen molar-refractivity contribution in [2.75, 3.05) is 13.2 Å². The van der Waals surface area contributed by atoms with Crippen LogP contribution in [0.4, 0.5) is 5.69 Å². The fourth-order valence-electron chi connectivity index (χ4n) is 4.53. The minimum absolute atomic E-state index is 0.142. The van der Waals surface area contributed by atoms with Crippen LogP contribution < -0.4 is 9.47 Å². The van der Waals surface area contributed by atoms with Gasteiger partial charge in [-0.3, -0.25) is 0 Å². The number of carbonyl (C=O) groups is 1. The van der Waals surface area contributed by atoms with E-state index < -0.39 is 5.97 Å². The van der Waals surface area contributed by atoms with Crippen LogP contribution in [0, 0.1) is 6.57 Å². The Kier molecular flexibility index (Phi) is 6.33. The molecule has 1 fully saturated rings. The second kappa shape index (κ2) is 9.70. The van der Waals surface area contributed by atoms with E-state index in [0.717, 1.165) is 53.9 Å². The van der Waals surface area contributed by atoms with Crippen molar-refractivity contribution >= 4 is 11.7 Å². The molecule has 0 radical (unpaired) electrons. The van der Waals surface area contributed by atoms with Crippen LogP contribution in [0.1, 0.15) is 60.0 Å². The molecule has 3 aromatic carbocycles. The highest BCUT2D eigenvalue weighted by molar-refractivity contribution is 5.91. The van der Waals surface area contributed by atoms with Gasteiger partial charge in [-0.15, -0.1) is 0 Å². The normalized spacial score (nSPS) is 17.4. The third-order valence-corrected chi connectivity index (χ3v) is 6.55. The van der Waals surface area contributed by atoms with Gasteiger partial charge in [0.2, 0.25) is 0 Å². The highest BCUT2D eigenvalue weighted by Gasteiger charge is 2.26. The van der Waals surface area contributed by atoms with E-state index in [-0.39, 0.29) is 5.92 Å². The number of rotatable bonds is 9. The molecule has 2 aliphatic rings. The lowest BCUT2D eigenvalue weighted by Crippen LogP contribution is -2.08. The molecule has 0 bridgehead atoms. The predicted molar refractivity (Wildman–Crippen MR) is 131 cm³/mol. The number of hydrogen-bond acceptors (Lipinski definition) is 4. The quantitative estimate of drug-likeness (QED) is 0.116. The highest BCUT2D eigenvalue weighted by atomic mass is 16.6. The van der Waals surface area contributed by atoms with Gasteiger partial charge in [-0.25, -0.2) is 9.64 Å². The van der Waals surface area contributed by atoms with Crippen LogP contribution >= 0.6 is 0 Å². The lowest BCUT2D eigenvalue weighted by atomic mass is 9.99. The Morgan fingerprint density at radius 2 is 1.68 bits per heavy atom. The minimum Gasteiger partial charge on any atom is -0.494 e. The Hall–Kier alpha value is -3.62. The fourth-order valence-corrected chi connectivity index (χ4v) is 4.53. The van der Waals surface area contributed by atoms with Crippen LogP contribution in [0.3, 0.4) is 0 Å². The molecule has 1 saturated heterocycles. The van der Waals surface area contributed by atoms with Crippen molar-refractivity contribution in [3.8, 4) is 22.6 Å². The molecule has 1 aliphatic carbocycles. The van der Waals surface area contributed by atoms with E-state index in [1.807, 2.05) is 48.5 Å². The number of carbonyl (C=O) groups excluding carboxylic acids is 1. The van der Waals surface area contributed by atoms with Crippen molar-refractivity contribution in [1.29, 1.82) is 0 Å². The zero-order valence-electron chi connectivity index (χ0n) is 19.3. The smallest absolute Gasteiger partial charge is 0.343 e. The summed E-state index contributed by atoms with van der Waals surface area (Å²) in [7, 11) is 0. The Morgan fingerprint density at radius 3 is 2.41 bits per heavy atom. The number of benzene rings is 3. The van der Waals surface area contributed by atoms with Crippen LogP contribution in [-0.4, -0.2) is 25.3 Å². The van der Waals surface area contributed by atoms with Gasteiger partial charge in [-0.1, -0.05) is 37.6 Å². The summed E-state index contributed by atoms with van der Waals surface area (Å²) in [6, 6.07) is 18.6. The molecule has 5 heteroatoms. The topological polar surface area (TPSA) is 52.4 Å². The number of epoxide rings is 1. The van der Waals surface area contributed by atoms with Crippen molar-refractivity contribution < 1.29 is 19.0 Å². The summed E-state index contributed by atoms with van der Waals surface area (Å²) in [6.07, 6.45) is 4.97. The molecule has 172 valence electrons. The summed E-state index contributed by atoms with van der Waals surface area (Å²) in [5, 5.41) is 0. The summed E-state index contributed by atoms with van der Waals surface area (Å²) >= 11 is 0. The predicted octanol–water partition coefficient (Wildman–Crippen LogP) is 6.93. The van der Waals surface area contributed by atoms with Gasteiger partial charge >= 0.3 is 5.97 Å². The van der Waals surface area contributed by atoms with Crippen LogP contribution in [0.15, 0.2) is 60.7 Å². The molecule has 2 atom stereocenters. The molecule has 3 aromatic rings. The number of unbranched alkanes of at least 4 members (excludes halogenated alkanes) is 2. The Morgan fingerprint density at radius 1 is 0.971 bits per heavy atom. The Balaban J connectivity index is 1.17. The summed E-state index contributed by atoms with van der Waals surface area (Å²) in [5.41, 5.74) is 5.63. The minimum atomic E-state index is -0.396. The van der Waals surface area contributed by atoms with Crippen molar-refractivity contribution in [1.82, 2.24) is 0 Å². The van der Waals surface area contributed by atoms with Gasteiger partial charge in [0.25, 0.3) is 0 Å². The van der Waals surface area contributed by atoms with Crippen LogP contribution in [0.5, 0.6) is 11.5 Å². The average molecular weight is 454 g/mol. The number of ether oxygens (including phenoxy) is 3. The highest BCUT2D eigenvalue weighted by Crippen LogP contribution is 2.47. The second-order valence-electron chi connectivity index (χ2n) is 8.92. The van der Waals surface area contributed by atoms with Gasteiger partial charge in [0, 0.05) is 5.92 Å². The fraction of sp³-hybridized carbons (Fsp3) is 0.310. The van der Waals surface area contributed by atoms with E-state index in [2.05, 4.69) is 11.8 Å². The monoisotopic (exact) mass is 453 g/mol. The third-order valence-electron chi connectivity index (χ3n) is 6.55. The standard InChI is InChI=1S/C29H27NO4/c1-19-27-16-21(30-2)9-13-25(27)26-14-12-23(17-28(19)26)34-29(31)20-7-10-22(11-8-20)32-15-5-3-4-6-24-18-33-24/h7-14,16-17,19,24H,3-6,15,18H2,1H3. The van der Waals surface area contributed by atoms with Crippen molar-refractivity contribution in [2.24, 2.45) is 0 Å². The zero-order valence-corrected chi connectivity index (χ0v) is 19.3. The first-order chi connectivity index (χ1) is 16.6. The van der Waals surface area contributed by atoms with Crippen molar-refractivity contribution in [3.63, 3.8) is 0 Å². The van der Waals surface area contributed by atoms with Crippen molar-refractivity contribution in [3.05, 3.63) is 88.8 Å². The van der Waals surface area contributed by atoms with Crippen LogP contribution in [0.2, 0.25) is 0 Å². The molecule has 0 amide bonds. The summed E-state index contributed by atoms with van der Waals surface area (Å²) < 4.78 is 16.7. The maximum Gasteiger partial charge on any atom is 0.343 e. The van der Waals surface area contributed by atoms with Gasteiger partial charge in [-0.05, 0) is 77.9 Å². The molecular weight excluding hydrogens is 426 g/mol. The first-order valence-corrected chi connectivity index (χ1v) is 11.8. The summed E-state index contributed by atoms with van der Waals surface area (Å²) in [6.45, 7) is 11.0. The molecule has 5 rings (SSSR count). The van der Waals surface area contributed by atoms with E-state index in [0.29, 0.717) is 29.7 Å². The summed E-state index contributed by atoms with van der Waals surface area (Å²) in [5.74, 6) is 1.02. The SMILES string of the molecule is [C-]#[N+]c1ccc2c(c1)C(C)c1cc(OC(=O)c3ccc(OCCCCCC4CO4)cc3)ccc1-2. The largest absolute Gasteiger partial charge is 0.494 e. The molecule has 0 spiro atoms. The molecule has 0 saturated carbocycles. The Bertz CT molecular complexity index is 1240. The second-order valence-corrected chi connectivity index (χ2v) is 8.92. The molecule has 1 heterocycles. The van der Waals surface area contributed by atoms with Crippen LogP contribution in [0.25, 0.3) is 16.0 Å². The van der Waals surface area contributed by atoms with E-state index in [1.54, 1.807) is 12.1 Å².